The highest BCUT2D eigenvalue weighted by molar-refractivity contribution is 5.71. The molecule has 0 aromatic rings. The quantitative estimate of drug-likeness (QED) is 0.652. The Hall–Kier alpha value is -0.570. The molecule has 13 heavy (non-hydrogen) atoms. The minimum atomic E-state index is -0.733. The smallest absolute Gasteiger partial charge is 0.307 e. The SMILES string of the molecule is C[C@H]1[C@H](O)CC[C@@H](C(=O)O)C1(C)C. The molecule has 2 N–H and O–H groups in total. The lowest BCUT2D eigenvalue weighted by Gasteiger charge is -2.44. The molecule has 0 unspecified atom stereocenters. The van der Waals surface area contributed by atoms with E-state index < -0.39 is 5.97 Å². The molecule has 3 nitrogen and oxygen atoms in total. The maximum atomic E-state index is 10.9. The Morgan fingerprint density at radius 3 is 2.38 bits per heavy atom. The molecule has 0 aliphatic heterocycles. The van der Waals surface area contributed by atoms with Gasteiger partial charge >= 0.3 is 5.97 Å². The number of rotatable bonds is 1. The summed E-state index contributed by atoms with van der Waals surface area (Å²) in [6.07, 6.45) is 0.862. The fraction of sp³-hybridized carbons (Fsp3) is 0.900. The van der Waals surface area contributed by atoms with Crippen molar-refractivity contribution in [2.75, 3.05) is 0 Å². The number of carbonyl (C=O) groups is 1. The minimum absolute atomic E-state index is 0.0577. The predicted molar refractivity (Wildman–Crippen MR) is 49.3 cm³/mol. The molecule has 0 bridgehead atoms. The van der Waals surface area contributed by atoms with Crippen molar-refractivity contribution in [2.45, 2.75) is 39.7 Å². The van der Waals surface area contributed by atoms with Gasteiger partial charge in [-0.2, -0.15) is 0 Å². The first kappa shape index (κ1) is 10.5. The molecular formula is C10H18O3. The van der Waals surface area contributed by atoms with E-state index in [0.717, 1.165) is 0 Å². The van der Waals surface area contributed by atoms with Crippen LogP contribution in [0.15, 0.2) is 0 Å². The Balaban J connectivity index is 2.85. The number of aliphatic hydroxyl groups is 1. The van der Waals surface area contributed by atoms with Crippen LogP contribution in [0.5, 0.6) is 0 Å². The number of carboxylic acid groups (broad SMARTS) is 1. The first-order chi connectivity index (χ1) is 5.87. The molecule has 0 aromatic heterocycles. The molecule has 1 aliphatic carbocycles. The van der Waals surface area contributed by atoms with E-state index in [-0.39, 0.29) is 23.4 Å². The molecule has 76 valence electrons. The number of hydrogen-bond acceptors (Lipinski definition) is 2. The minimum Gasteiger partial charge on any atom is -0.481 e. The van der Waals surface area contributed by atoms with E-state index in [2.05, 4.69) is 0 Å². The van der Waals surface area contributed by atoms with Gasteiger partial charge in [-0.05, 0) is 24.2 Å². The van der Waals surface area contributed by atoms with Gasteiger partial charge in [0.05, 0.1) is 12.0 Å². The molecule has 0 amide bonds. The van der Waals surface area contributed by atoms with Crippen LogP contribution >= 0.6 is 0 Å². The van der Waals surface area contributed by atoms with E-state index in [9.17, 15) is 9.90 Å². The summed E-state index contributed by atoms with van der Waals surface area (Å²) in [5.74, 6) is -0.989. The van der Waals surface area contributed by atoms with Gasteiger partial charge < -0.3 is 10.2 Å². The number of hydrogen-bond donors (Lipinski definition) is 2. The average molecular weight is 186 g/mol. The topological polar surface area (TPSA) is 57.5 Å². The molecule has 1 rings (SSSR count). The summed E-state index contributed by atoms with van der Waals surface area (Å²) in [6.45, 7) is 5.79. The molecule has 1 aliphatic rings. The van der Waals surface area contributed by atoms with Crippen molar-refractivity contribution in [3.63, 3.8) is 0 Å². The lowest BCUT2D eigenvalue weighted by molar-refractivity contribution is -0.153. The summed E-state index contributed by atoms with van der Waals surface area (Å²) in [5.41, 5.74) is -0.302. The van der Waals surface area contributed by atoms with Crippen LogP contribution in [-0.2, 0) is 4.79 Å². The third-order valence-electron chi connectivity index (χ3n) is 3.70. The number of aliphatic hydroxyl groups excluding tert-OH is 1. The number of carboxylic acids is 1. The van der Waals surface area contributed by atoms with E-state index in [1.165, 1.54) is 0 Å². The van der Waals surface area contributed by atoms with Crippen molar-refractivity contribution in [2.24, 2.45) is 17.3 Å². The molecule has 3 heteroatoms. The maximum absolute atomic E-state index is 10.9. The molecule has 0 radical (unpaired) electrons. The van der Waals surface area contributed by atoms with Gasteiger partial charge in [-0.15, -0.1) is 0 Å². The zero-order valence-corrected chi connectivity index (χ0v) is 8.45. The van der Waals surface area contributed by atoms with Gasteiger partial charge in [-0.25, -0.2) is 0 Å². The van der Waals surface area contributed by atoms with Crippen LogP contribution in [0.4, 0.5) is 0 Å². The third kappa shape index (κ3) is 1.70. The highest BCUT2D eigenvalue weighted by Crippen LogP contribution is 2.44. The average Bonchev–Trinajstić information content (AvgIpc) is 1.99. The second-order valence-corrected chi connectivity index (χ2v) is 4.65. The van der Waals surface area contributed by atoms with Crippen LogP contribution in [-0.4, -0.2) is 22.3 Å². The van der Waals surface area contributed by atoms with Gasteiger partial charge in [0.2, 0.25) is 0 Å². The lowest BCUT2D eigenvalue weighted by atomic mass is 9.62. The summed E-state index contributed by atoms with van der Waals surface area (Å²) in [5, 5.41) is 18.6. The fourth-order valence-corrected chi connectivity index (χ4v) is 2.21. The zero-order valence-electron chi connectivity index (χ0n) is 8.45. The van der Waals surface area contributed by atoms with Crippen molar-refractivity contribution in [1.82, 2.24) is 0 Å². The van der Waals surface area contributed by atoms with Gasteiger partial charge in [0, 0.05) is 0 Å². The van der Waals surface area contributed by atoms with Crippen LogP contribution in [0.3, 0.4) is 0 Å². The summed E-state index contributed by atoms with van der Waals surface area (Å²) in [6, 6.07) is 0. The molecule has 0 aromatic carbocycles. The van der Waals surface area contributed by atoms with Gasteiger partial charge in [0.25, 0.3) is 0 Å². The predicted octanol–water partition coefficient (Wildman–Crippen LogP) is 1.50. The molecular weight excluding hydrogens is 168 g/mol. The van der Waals surface area contributed by atoms with Crippen molar-refractivity contribution >= 4 is 5.97 Å². The molecule has 1 fully saturated rings. The van der Waals surface area contributed by atoms with Crippen LogP contribution in [0.1, 0.15) is 33.6 Å². The standard InChI is InChI=1S/C10H18O3/c1-6-8(11)5-4-7(9(12)13)10(6,2)3/h6-8,11H,4-5H2,1-3H3,(H,12,13)/t6-,7-,8+/m0/s1. The first-order valence-electron chi connectivity index (χ1n) is 4.78. The van der Waals surface area contributed by atoms with E-state index in [4.69, 9.17) is 5.11 Å². The summed E-state index contributed by atoms with van der Waals surface area (Å²) < 4.78 is 0. The molecule has 0 spiro atoms. The summed E-state index contributed by atoms with van der Waals surface area (Å²) in [7, 11) is 0. The van der Waals surface area contributed by atoms with Gasteiger partial charge in [0.15, 0.2) is 0 Å². The normalized spacial score (nSPS) is 38.6. The van der Waals surface area contributed by atoms with Gasteiger partial charge in [0.1, 0.15) is 0 Å². The Bertz CT molecular complexity index is 210. The molecule has 3 atom stereocenters. The van der Waals surface area contributed by atoms with Crippen molar-refractivity contribution in [3.8, 4) is 0 Å². The Morgan fingerprint density at radius 1 is 1.38 bits per heavy atom. The highest BCUT2D eigenvalue weighted by Gasteiger charge is 2.45. The van der Waals surface area contributed by atoms with Crippen molar-refractivity contribution in [1.29, 1.82) is 0 Å². The molecule has 0 heterocycles. The Morgan fingerprint density at radius 2 is 1.92 bits per heavy atom. The summed E-state index contributed by atoms with van der Waals surface area (Å²) in [4.78, 5) is 10.9. The van der Waals surface area contributed by atoms with E-state index in [0.29, 0.717) is 12.8 Å². The first-order valence-corrected chi connectivity index (χ1v) is 4.78. The highest BCUT2D eigenvalue weighted by atomic mass is 16.4. The van der Waals surface area contributed by atoms with Crippen LogP contribution < -0.4 is 0 Å². The Labute approximate surface area is 78.8 Å². The van der Waals surface area contributed by atoms with Crippen LogP contribution in [0.2, 0.25) is 0 Å². The van der Waals surface area contributed by atoms with Crippen molar-refractivity contribution < 1.29 is 15.0 Å². The number of aliphatic carboxylic acids is 1. The van der Waals surface area contributed by atoms with Crippen LogP contribution in [0, 0.1) is 17.3 Å². The van der Waals surface area contributed by atoms with E-state index in [1.54, 1.807) is 0 Å². The lowest BCUT2D eigenvalue weighted by Crippen LogP contribution is -2.45. The second-order valence-electron chi connectivity index (χ2n) is 4.65. The van der Waals surface area contributed by atoms with Crippen LogP contribution in [0.25, 0.3) is 0 Å². The molecule has 1 saturated carbocycles. The molecule has 0 saturated heterocycles. The third-order valence-corrected chi connectivity index (χ3v) is 3.70. The summed E-state index contributed by atoms with van der Waals surface area (Å²) >= 11 is 0. The fourth-order valence-electron chi connectivity index (χ4n) is 2.21. The van der Waals surface area contributed by atoms with E-state index >= 15 is 0 Å². The Kier molecular flexibility index (Phi) is 2.66. The maximum Gasteiger partial charge on any atom is 0.307 e. The largest absolute Gasteiger partial charge is 0.481 e. The monoisotopic (exact) mass is 186 g/mol. The van der Waals surface area contributed by atoms with E-state index in [1.807, 2.05) is 20.8 Å². The van der Waals surface area contributed by atoms with Gasteiger partial charge in [-0.3, -0.25) is 4.79 Å². The second kappa shape index (κ2) is 3.29. The van der Waals surface area contributed by atoms with Crippen molar-refractivity contribution in [3.05, 3.63) is 0 Å². The van der Waals surface area contributed by atoms with Gasteiger partial charge in [-0.1, -0.05) is 20.8 Å². The zero-order chi connectivity index (χ0) is 10.2.